The highest BCUT2D eigenvalue weighted by Gasteiger charge is 2.36. The molecule has 1 aliphatic rings. The summed E-state index contributed by atoms with van der Waals surface area (Å²) < 4.78 is 26.8. The van der Waals surface area contributed by atoms with Gasteiger partial charge in [0.2, 0.25) is 11.8 Å². The molecule has 0 aromatic heterocycles. The molecule has 2 aromatic rings. The summed E-state index contributed by atoms with van der Waals surface area (Å²) in [6, 6.07) is 9.72. The van der Waals surface area contributed by atoms with E-state index in [4.69, 9.17) is 0 Å². The van der Waals surface area contributed by atoms with E-state index in [9.17, 15) is 18.4 Å². The van der Waals surface area contributed by atoms with Crippen molar-refractivity contribution in [3.05, 3.63) is 70.8 Å². The smallest absolute Gasteiger partial charge is 0.245 e. The van der Waals surface area contributed by atoms with Gasteiger partial charge in [0.1, 0.15) is 24.2 Å². The number of carbonyl (C=O) groups excluding carboxylic acids is 2. The van der Waals surface area contributed by atoms with Crippen molar-refractivity contribution >= 4 is 11.8 Å². The molecule has 26 heavy (non-hydrogen) atoms. The molecule has 136 valence electrons. The van der Waals surface area contributed by atoms with Gasteiger partial charge in [-0.25, -0.2) is 8.78 Å². The minimum Gasteiger partial charge on any atom is -0.327 e. The summed E-state index contributed by atoms with van der Waals surface area (Å²) in [6.07, 6.45) is 0. The van der Waals surface area contributed by atoms with E-state index in [1.54, 1.807) is 25.1 Å². The van der Waals surface area contributed by atoms with Crippen LogP contribution in [-0.4, -0.2) is 34.2 Å². The highest BCUT2D eigenvalue weighted by molar-refractivity contribution is 5.94. The number of hydrogen-bond acceptors (Lipinski definition) is 2. The Kier molecular flexibility index (Phi) is 5.02. The zero-order valence-electron chi connectivity index (χ0n) is 14.7. The first-order valence-electron chi connectivity index (χ1n) is 8.43. The number of aryl methyl sites for hydroxylation is 1. The Morgan fingerprint density at radius 1 is 1.04 bits per heavy atom. The van der Waals surface area contributed by atoms with Crippen molar-refractivity contribution in [3.8, 4) is 0 Å². The Bertz CT molecular complexity index is 853. The molecule has 1 fully saturated rings. The molecular weight excluding hydrogens is 338 g/mol. The maximum absolute atomic E-state index is 13.5. The molecule has 0 radical (unpaired) electrons. The molecule has 1 atom stereocenters. The van der Waals surface area contributed by atoms with Gasteiger partial charge < -0.3 is 9.80 Å². The Balaban J connectivity index is 1.75. The number of hydrogen-bond donors (Lipinski definition) is 0. The number of halogens is 2. The van der Waals surface area contributed by atoms with Gasteiger partial charge >= 0.3 is 0 Å². The number of rotatable bonds is 4. The summed E-state index contributed by atoms with van der Waals surface area (Å²) in [5.41, 5.74) is 2.17. The second kappa shape index (κ2) is 7.23. The molecule has 2 amide bonds. The largest absolute Gasteiger partial charge is 0.327 e. The van der Waals surface area contributed by atoms with E-state index in [-0.39, 0.29) is 43.1 Å². The molecule has 0 N–H and O–H groups in total. The third-order valence-electron chi connectivity index (χ3n) is 4.70. The van der Waals surface area contributed by atoms with E-state index in [2.05, 4.69) is 0 Å². The van der Waals surface area contributed by atoms with Crippen LogP contribution in [0.2, 0.25) is 0 Å². The Labute approximate surface area is 151 Å². The number of piperazine rings is 1. The molecule has 1 saturated heterocycles. The van der Waals surface area contributed by atoms with Gasteiger partial charge in [0.15, 0.2) is 0 Å². The molecule has 4 nitrogen and oxygen atoms in total. The normalized spacial score (nSPS) is 17.8. The van der Waals surface area contributed by atoms with E-state index >= 15 is 0 Å². The molecule has 0 bridgehead atoms. The molecule has 0 spiro atoms. The minimum absolute atomic E-state index is 0.0753. The van der Waals surface area contributed by atoms with Crippen LogP contribution in [0.1, 0.15) is 23.6 Å². The fourth-order valence-corrected chi connectivity index (χ4v) is 3.15. The van der Waals surface area contributed by atoms with Crippen LogP contribution in [-0.2, 0) is 22.7 Å². The maximum atomic E-state index is 13.5. The summed E-state index contributed by atoms with van der Waals surface area (Å²) in [4.78, 5) is 28.2. The molecular formula is C20H20F2N2O2. The van der Waals surface area contributed by atoms with E-state index in [0.717, 1.165) is 5.56 Å². The maximum Gasteiger partial charge on any atom is 0.245 e. The lowest BCUT2D eigenvalue weighted by molar-refractivity contribution is -0.156. The molecule has 1 aliphatic heterocycles. The van der Waals surface area contributed by atoms with Crippen LogP contribution in [0.5, 0.6) is 0 Å². The quantitative estimate of drug-likeness (QED) is 0.843. The van der Waals surface area contributed by atoms with Gasteiger partial charge in [-0.3, -0.25) is 9.59 Å². The van der Waals surface area contributed by atoms with Gasteiger partial charge in [-0.2, -0.15) is 0 Å². The Hall–Kier alpha value is -2.76. The zero-order chi connectivity index (χ0) is 18.8. The van der Waals surface area contributed by atoms with Crippen molar-refractivity contribution in [3.63, 3.8) is 0 Å². The highest BCUT2D eigenvalue weighted by Crippen LogP contribution is 2.20. The first kappa shape index (κ1) is 18.0. The predicted molar refractivity (Wildman–Crippen MR) is 93.0 cm³/mol. The average molecular weight is 358 g/mol. The monoisotopic (exact) mass is 358 g/mol. The third kappa shape index (κ3) is 3.74. The highest BCUT2D eigenvalue weighted by atomic mass is 19.1. The summed E-state index contributed by atoms with van der Waals surface area (Å²) >= 11 is 0. The van der Waals surface area contributed by atoms with Crippen LogP contribution in [0.15, 0.2) is 42.5 Å². The van der Waals surface area contributed by atoms with E-state index in [1.807, 2.05) is 6.92 Å². The van der Waals surface area contributed by atoms with Crippen LogP contribution in [0.3, 0.4) is 0 Å². The fourth-order valence-electron chi connectivity index (χ4n) is 3.15. The molecule has 3 rings (SSSR count). The van der Waals surface area contributed by atoms with Crippen molar-refractivity contribution in [1.29, 1.82) is 0 Å². The summed E-state index contributed by atoms with van der Waals surface area (Å²) in [5.74, 6) is -1.17. The first-order chi connectivity index (χ1) is 12.3. The van der Waals surface area contributed by atoms with Crippen molar-refractivity contribution < 1.29 is 18.4 Å². The predicted octanol–water partition coefficient (Wildman–Crippen LogP) is 3.03. The zero-order valence-corrected chi connectivity index (χ0v) is 14.7. The summed E-state index contributed by atoms with van der Waals surface area (Å²) in [5, 5.41) is 0. The Morgan fingerprint density at radius 2 is 1.77 bits per heavy atom. The lowest BCUT2D eigenvalue weighted by Gasteiger charge is -2.39. The van der Waals surface area contributed by atoms with Gasteiger partial charge in [0, 0.05) is 13.1 Å². The van der Waals surface area contributed by atoms with Gasteiger partial charge in [0.25, 0.3) is 0 Å². The number of amides is 2. The van der Waals surface area contributed by atoms with E-state index < -0.39 is 6.04 Å². The SMILES string of the molecule is Cc1ccc(F)cc1CN1C(=O)CN(Cc2cccc(F)c2)C(=O)[C@@H]1C. The second-order valence-electron chi connectivity index (χ2n) is 6.59. The van der Waals surface area contributed by atoms with Crippen molar-refractivity contribution in [1.82, 2.24) is 9.80 Å². The molecule has 0 unspecified atom stereocenters. The topological polar surface area (TPSA) is 40.6 Å². The van der Waals surface area contributed by atoms with Gasteiger partial charge in [-0.15, -0.1) is 0 Å². The van der Waals surface area contributed by atoms with Crippen molar-refractivity contribution in [2.75, 3.05) is 6.54 Å². The number of benzene rings is 2. The lowest BCUT2D eigenvalue weighted by Crippen LogP contribution is -2.58. The number of carbonyl (C=O) groups is 2. The second-order valence-corrected chi connectivity index (χ2v) is 6.59. The van der Waals surface area contributed by atoms with Crippen molar-refractivity contribution in [2.24, 2.45) is 0 Å². The summed E-state index contributed by atoms with van der Waals surface area (Å²) in [7, 11) is 0. The standard InChI is InChI=1S/C20H20F2N2O2/c1-13-6-7-18(22)9-16(13)11-24-14(2)20(26)23(12-19(24)25)10-15-4-3-5-17(21)8-15/h3-9,14H,10-12H2,1-2H3/t14-/m0/s1. The Morgan fingerprint density at radius 3 is 2.50 bits per heavy atom. The van der Waals surface area contributed by atoms with Crippen LogP contribution >= 0.6 is 0 Å². The molecule has 6 heteroatoms. The number of nitrogens with zero attached hydrogens (tertiary/aromatic N) is 2. The van der Waals surface area contributed by atoms with Crippen LogP contribution < -0.4 is 0 Å². The molecule has 1 heterocycles. The average Bonchev–Trinajstić information content (AvgIpc) is 2.59. The van der Waals surface area contributed by atoms with Crippen LogP contribution in [0.4, 0.5) is 8.78 Å². The first-order valence-corrected chi connectivity index (χ1v) is 8.43. The van der Waals surface area contributed by atoms with Gasteiger partial charge in [0.05, 0.1) is 0 Å². The van der Waals surface area contributed by atoms with Gasteiger partial charge in [-0.1, -0.05) is 18.2 Å². The molecule has 2 aromatic carbocycles. The summed E-state index contributed by atoms with van der Waals surface area (Å²) in [6.45, 7) is 3.79. The molecule has 0 aliphatic carbocycles. The van der Waals surface area contributed by atoms with E-state index in [1.165, 1.54) is 34.1 Å². The van der Waals surface area contributed by atoms with Crippen LogP contribution in [0.25, 0.3) is 0 Å². The van der Waals surface area contributed by atoms with Gasteiger partial charge in [-0.05, 0) is 54.8 Å². The lowest BCUT2D eigenvalue weighted by atomic mass is 10.1. The molecule has 0 saturated carbocycles. The minimum atomic E-state index is -0.660. The fraction of sp³-hybridized carbons (Fsp3) is 0.300. The van der Waals surface area contributed by atoms with E-state index in [0.29, 0.717) is 11.1 Å². The van der Waals surface area contributed by atoms with Crippen molar-refractivity contribution in [2.45, 2.75) is 33.0 Å². The van der Waals surface area contributed by atoms with Crippen LogP contribution in [0, 0.1) is 18.6 Å². The third-order valence-corrected chi connectivity index (χ3v) is 4.70.